The quantitative estimate of drug-likeness (QED) is 0.204. The molecule has 10 heteroatoms. The first-order chi connectivity index (χ1) is 23.0. The third kappa shape index (κ3) is 7.05. The first-order valence-electron chi connectivity index (χ1n) is 15.9. The summed E-state index contributed by atoms with van der Waals surface area (Å²) in [6, 6.07) is 24.3. The van der Waals surface area contributed by atoms with Gasteiger partial charge in [-0.3, -0.25) is 0 Å². The van der Waals surface area contributed by atoms with Crippen LogP contribution in [-0.2, 0) is 30.4 Å². The zero-order valence-electron chi connectivity index (χ0n) is 26.3. The topological polar surface area (TPSA) is 111 Å². The highest BCUT2D eigenvalue weighted by molar-refractivity contribution is 7.98. The van der Waals surface area contributed by atoms with Crippen LogP contribution in [0, 0.1) is 0 Å². The van der Waals surface area contributed by atoms with Crippen LogP contribution in [0.4, 0.5) is 0 Å². The van der Waals surface area contributed by atoms with Crippen LogP contribution in [-0.4, -0.2) is 52.0 Å². The number of carbonyl (C=O) groups is 1. The maximum atomic E-state index is 11.5. The average Bonchev–Trinajstić information content (AvgIpc) is 3.70. The lowest BCUT2D eigenvalue weighted by Gasteiger charge is -2.16. The molecule has 3 aliphatic rings. The zero-order valence-corrected chi connectivity index (χ0v) is 27.1. The first-order valence-corrected chi connectivity index (χ1v) is 16.9. The molecule has 0 unspecified atom stereocenters. The van der Waals surface area contributed by atoms with Crippen molar-refractivity contribution in [1.29, 1.82) is 0 Å². The van der Waals surface area contributed by atoms with Gasteiger partial charge in [0, 0.05) is 56.3 Å². The number of hydrogen-bond acceptors (Lipinski definition) is 8. The molecule has 0 atom stereocenters. The van der Waals surface area contributed by atoms with Gasteiger partial charge in [0.25, 0.3) is 0 Å². The van der Waals surface area contributed by atoms with E-state index in [2.05, 4.69) is 59.4 Å². The van der Waals surface area contributed by atoms with Crippen LogP contribution in [0.15, 0.2) is 84.0 Å². The average molecular weight is 648 g/mol. The van der Waals surface area contributed by atoms with Gasteiger partial charge in [0.2, 0.25) is 0 Å². The summed E-state index contributed by atoms with van der Waals surface area (Å²) in [4.78, 5) is 21.3. The normalized spacial score (nSPS) is 15.6. The van der Waals surface area contributed by atoms with Crippen LogP contribution < -0.4 is 15.6 Å². The number of ether oxygens (including phenoxy) is 2. The molecule has 3 aromatic carbocycles. The molecule has 240 valence electrons. The van der Waals surface area contributed by atoms with Crippen molar-refractivity contribution in [3.63, 3.8) is 0 Å². The van der Waals surface area contributed by atoms with E-state index in [1.165, 1.54) is 28.7 Å². The van der Waals surface area contributed by atoms with Gasteiger partial charge in [-0.2, -0.15) is 0 Å². The van der Waals surface area contributed by atoms with Gasteiger partial charge in [-0.15, -0.1) is 11.8 Å². The van der Waals surface area contributed by atoms with Crippen molar-refractivity contribution in [3.8, 4) is 17.0 Å². The number of thioether (sulfide) groups is 1. The van der Waals surface area contributed by atoms with Gasteiger partial charge >= 0.3 is 5.97 Å². The molecule has 9 nitrogen and oxygen atoms in total. The number of aromatic carboxylic acids is 1. The summed E-state index contributed by atoms with van der Waals surface area (Å²) in [6.07, 6.45) is 5.66. The van der Waals surface area contributed by atoms with E-state index in [0.717, 1.165) is 82.8 Å². The fourth-order valence-electron chi connectivity index (χ4n) is 5.81. The maximum absolute atomic E-state index is 11.5. The Hall–Kier alpha value is -4.64. The van der Waals surface area contributed by atoms with Gasteiger partial charge in [0.15, 0.2) is 0 Å². The lowest BCUT2D eigenvalue weighted by molar-refractivity contribution is 0.0367. The molecule has 3 aliphatic heterocycles. The van der Waals surface area contributed by atoms with Gasteiger partial charge in [0.05, 0.1) is 33.9 Å². The summed E-state index contributed by atoms with van der Waals surface area (Å²) in [5.41, 5.74) is 16.1. The molecule has 0 spiro atoms. The Labute approximate surface area is 278 Å². The molecule has 0 amide bonds. The Morgan fingerprint density at radius 1 is 0.957 bits per heavy atom. The van der Waals surface area contributed by atoms with Crippen LogP contribution >= 0.6 is 11.8 Å². The Morgan fingerprint density at radius 3 is 2.60 bits per heavy atom. The van der Waals surface area contributed by atoms with E-state index in [1.807, 2.05) is 23.9 Å². The third-order valence-corrected chi connectivity index (χ3v) is 9.64. The molecule has 5 aromatic rings. The lowest BCUT2D eigenvalue weighted by Crippen LogP contribution is -2.20. The maximum Gasteiger partial charge on any atom is 0.335 e. The highest BCUT2D eigenvalue weighted by atomic mass is 32.2. The van der Waals surface area contributed by atoms with Crippen LogP contribution in [0.1, 0.15) is 51.3 Å². The molecule has 4 bridgehead atoms. The molecule has 3 N–H and O–H groups in total. The summed E-state index contributed by atoms with van der Waals surface area (Å²) in [5, 5.41) is 10.4. The van der Waals surface area contributed by atoms with E-state index in [-0.39, 0.29) is 5.56 Å². The SMILES string of the molecule is C1COC1.Cn1c(Cc2ccc3cc2OCCCc2cc(C4=CNNC4)ccc2CSc2cccc-3n2)nc2ccc(C(=O)O)cc21. The Kier molecular flexibility index (Phi) is 9.23. The third-order valence-electron chi connectivity index (χ3n) is 8.66. The predicted molar refractivity (Wildman–Crippen MR) is 185 cm³/mol. The fraction of sp³-hybridized carbons (Fsp3) is 0.270. The van der Waals surface area contributed by atoms with Crippen molar-refractivity contribution in [2.75, 3.05) is 26.4 Å². The number of hydrogen-bond donors (Lipinski definition) is 3. The molecule has 2 aromatic heterocycles. The second kappa shape index (κ2) is 14.0. The number of pyridine rings is 1. The zero-order chi connectivity index (χ0) is 32.2. The second-order valence-electron chi connectivity index (χ2n) is 11.8. The van der Waals surface area contributed by atoms with Crippen molar-refractivity contribution in [2.45, 2.75) is 36.5 Å². The summed E-state index contributed by atoms with van der Waals surface area (Å²) < 4.78 is 13.2. The first kappa shape index (κ1) is 31.0. The number of aromatic nitrogens is 3. The van der Waals surface area contributed by atoms with Crippen molar-refractivity contribution in [2.24, 2.45) is 7.05 Å². The van der Waals surface area contributed by atoms with Crippen molar-refractivity contribution >= 4 is 34.3 Å². The molecule has 8 rings (SSSR count). The minimum atomic E-state index is -0.949. The Balaban J connectivity index is 0.000000818. The summed E-state index contributed by atoms with van der Waals surface area (Å²) in [6.45, 7) is 3.38. The number of imidazole rings is 1. The molecule has 1 saturated heterocycles. The van der Waals surface area contributed by atoms with Gasteiger partial charge in [0.1, 0.15) is 11.6 Å². The van der Waals surface area contributed by atoms with E-state index in [0.29, 0.717) is 13.0 Å². The summed E-state index contributed by atoms with van der Waals surface area (Å²) >= 11 is 1.76. The number of nitrogens with one attached hydrogen (secondary N) is 2. The number of hydrazine groups is 1. The van der Waals surface area contributed by atoms with Crippen molar-refractivity contribution in [3.05, 3.63) is 113 Å². The fourth-order valence-corrected chi connectivity index (χ4v) is 6.73. The van der Waals surface area contributed by atoms with E-state index in [1.54, 1.807) is 30.0 Å². The van der Waals surface area contributed by atoms with Gasteiger partial charge in [-0.1, -0.05) is 36.4 Å². The Bertz CT molecular complexity index is 1960. The van der Waals surface area contributed by atoms with Crippen molar-refractivity contribution in [1.82, 2.24) is 25.4 Å². The minimum Gasteiger partial charge on any atom is -0.493 e. The molecular formula is C37H37N5O4S. The lowest BCUT2D eigenvalue weighted by atomic mass is 9.97. The number of aryl methyl sites for hydroxylation is 2. The number of benzene rings is 3. The van der Waals surface area contributed by atoms with E-state index >= 15 is 0 Å². The number of nitrogens with zero attached hydrogens (tertiary/aromatic N) is 3. The number of rotatable bonds is 4. The number of carboxylic acid groups (broad SMARTS) is 1. The van der Waals surface area contributed by atoms with Gasteiger partial charge < -0.3 is 24.6 Å². The van der Waals surface area contributed by atoms with Crippen LogP contribution in [0.5, 0.6) is 5.75 Å². The summed E-state index contributed by atoms with van der Waals surface area (Å²) in [7, 11) is 1.93. The number of fused-ring (bicyclic) bond motifs is 7. The van der Waals surface area contributed by atoms with E-state index < -0.39 is 5.97 Å². The molecular weight excluding hydrogens is 611 g/mol. The number of carboxylic acids is 1. The van der Waals surface area contributed by atoms with Crippen LogP contribution in [0.3, 0.4) is 0 Å². The smallest absolute Gasteiger partial charge is 0.335 e. The Morgan fingerprint density at radius 2 is 1.81 bits per heavy atom. The molecule has 0 aliphatic carbocycles. The largest absolute Gasteiger partial charge is 0.493 e. The second-order valence-corrected chi connectivity index (χ2v) is 12.8. The molecule has 5 heterocycles. The predicted octanol–water partition coefficient (Wildman–Crippen LogP) is 6.40. The summed E-state index contributed by atoms with van der Waals surface area (Å²) in [5.74, 6) is 1.57. The van der Waals surface area contributed by atoms with Gasteiger partial charge in [-0.25, -0.2) is 20.2 Å². The van der Waals surface area contributed by atoms with E-state index in [9.17, 15) is 9.90 Å². The van der Waals surface area contributed by atoms with Gasteiger partial charge in [-0.05, 0) is 77.9 Å². The highest BCUT2D eigenvalue weighted by Crippen LogP contribution is 2.32. The molecule has 47 heavy (non-hydrogen) atoms. The molecule has 0 saturated carbocycles. The van der Waals surface area contributed by atoms with Crippen molar-refractivity contribution < 1.29 is 19.4 Å². The van der Waals surface area contributed by atoms with E-state index in [4.69, 9.17) is 19.4 Å². The highest BCUT2D eigenvalue weighted by Gasteiger charge is 2.17. The molecule has 1 fully saturated rings. The monoisotopic (exact) mass is 647 g/mol. The molecule has 0 radical (unpaired) electrons. The van der Waals surface area contributed by atoms with Crippen LogP contribution in [0.25, 0.3) is 27.9 Å². The standard InChI is InChI=1S/C34H31N5O3S.C3H6O/c1-39-30-15-25(34(40)41)11-12-29(30)37-32(39)17-24-9-8-23-16-31(24)42-13-3-4-21-14-22(27-18-35-36-19-27)7-10-26(21)20-43-33-6-2-5-28(23)38-33;1-2-4-3-1/h2,5-12,14-16,18,35-36H,3-4,13,17,19-20H2,1H3,(H,40,41);1-3H2. The minimum absolute atomic E-state index is 0.249. The van der Waals surface area contributed by atoms with Crippen LogP contribution in [0.2, 0.25) is 0 Å².